The molecule has 0 saturated heterocycles. The van der Waals surface area contributed by atoms with Gasteiger partial charge in [0.15, 0.2) is 28.6 Å². The first-order chi connectivity index (χ1) is 25.2. The summed E-state index contributed by atoms with van der Waals surface area (Å²) in [4.78, 5) is 89.5. The van der Waals surface area contributed by atoms with Gasteiger partial charge in [-0.15, -0.1) is 0 Å². The van der Waals surface area contributed by atoms with Gasteiger partial charge in [-0.1, -0.05) is 72.3 Å². The lowest BCUT2D eigenvalue weighted by Gasteiger charge is -2.21. The lowest BCUT2D eigenvalue weighted by atomic mass is 9.82. The molecule has 0 saturated carbocycles. The van der Waals surface area contributed by atoms with Gasteiger partial charge in [0, 0.05) is 49.5 Å². The van der Waals surface area contributed by atoms with Gasteiger partial charge in [0.1, 0.15) is 0 Å². The molecule has 9 nitrogen and oxygen atoms in total. The lowest BCUT2D eigenvalue weighted by molar-refractivity contribution is 0.0979. The van der Waals surface area contributed by atoms with E-state index >= 15 is 0 Å². The first-order valence-electron chi connectivity index (χ1n) is 16.3. The second kappa shape index (κ2) is 10.5. The minimum atomic E-state index is -0.440. The number of pyridine rings is 1. The van der Waals surface area contributed by atoms with E-state index in [9.17, 15) is 28.8 Å². The van der Waals surface area contributed by atoms with E-state index in [0.717, 1.165) is 0 Å². The van der Waals surface area contributed by atoms with Crippen molar-refractivity contribution in [3.05, 3.63) is 168 Å². The standard InChI is InChI=1S/C42H20ClN3O6/c43-27-17-26-19-13-14-24-31(40(50)22-11-6-12-28(29(22)39(24)49)44-42(52)18-7-2-1-3-8-18)33(19)45-35(26)32-36(27)46-34-25(41(32)51)16-15-23-30(34)38(48)21-10-5-4-9-20(21)37(23)47/h1-17,45H,(H,44,52)(H,46,51). The molecule has 10 heteroatoms. The van der Waals surface area contributed by atoms with Gasteiger partial charge in [-0.05, 0) is 42.5 Å². The smallest absolute Gasteiger partial charge is 0.255 e. The molecule has 2 aliphatic rings. The first kappa shape index (κ1) is 29.9. The Balaban J connectivity index is 1.17. The zero-order valence-corrected chi connectivity index (χ0v) is 27.4. The highest BCUT2D eigenvalue weighted by atomic mass is 35.5. The number of aromatic amines is 2. The number of amides is 1. The number of rotatable bonds is 2. The fourth-order valence-electron chi connectivity index (χ4n) is 7.76. The largest absolute Gasteiger partial charge is 0.353 e. The van der Waals surface area contributed by atoms with E-state index in [2.05, 4.69) is 15.3 Å². The van der Waals surface area contributed by atoms with Crippen LogP contribution in [0.2, 0.25) is 5.02 Å². The summed E-state index contributed by atoms with van der Waals surface area (Å²) in [5, 5.41) is 4.46. The number of halogens is 1. The summed E-state index contributed by atoms with van der Waals surface area (Å²) in [6.07, 6.45) is 0. The van der Waals surface area contributed by atoms with Crippen LogP contribution in [0.25, 0.3) is 43.6 Å². The number of anilines is 1. The third-order valence-electron chi connectivity index (χ3n) is 10.1. The summed E-state index contributed by atoms with van der Waals surface area (Å²) >= 11 is 6.87. The Morgan fingerprint density at radius 2 is 1.06 bits per heavy atom. The minimum absolute atomic E-state index is 0.0927. The van der Waals surface area contributed by atoms with Gasteiger partial charge in [0.05, 0.1) is 54.9 Å². The maximum absolute atomic E-state index is 14.4. The lowest BCUT2D eigenvalue weighted by Crippen LogP contribution is -2.24. The van der Waals surface area contributed by atoms with E-state index in [-0.39, 0.29) is 83.0 Å². The van der Waals surface area contributed by atoms with Crippen LogP contribution in [-0.2, 0) is 0 Å². The summed E-state index contributed by atoms with van der Waals surface area (Å²) in [6.45, 7) is 0. The van der Waals surface area contributed by atoms with Crippen molar-refractivity contribution in [3.63, 3.8) is 0 Å². The van der Waals surface area contributed by atoms with Crippen LogP contribution >= 0.6 is 11.6 Å². The molecule has 0 aliphatic heterocycles. The van der Waals surface area contributed by atoms with Gasteiger partial charge in [0.2, 0.25) is 0 Å². The average Bonchev–Trinajstić information content (AvgIpc) is 3.53. The van der Waals surface area contributed by atoms with Crippen LogP contribution in [0, 0.1) is 0 Å². The van der Waals surface area contributed by atoms with E-state index in [1.807, 2.05) is 0 Å². The molecule has 6 aromatic carbocycles. The third kappa shape index (κ3) is 3.88. The number of nitrogens with one attached hydrogen (secondary N) is 3. The molecular formula is C42H20ClN3O6. The third-order valence-corrected chi connectivity index (χ3v) is 10.4. The fraction of sp³-hybridized carbons (Fsp3) is 0. The van der Waals surface area contributed by atoms with Crippen LogP contribution < -0.4 is 10.7 Å². The molecular weight excluding hydrogens is 678 g/mol. The topological polar surface area (TPSA) is 146 Å². The molecule has 8 aromatic rings. The predicted molar refractivity (Wildman–Crippen MR) is 197 cm³/mol. The Labute approximate surface area is 296 Å². The van der Waals surface area contributed by atoms with Gasteiger partial charge >= 0.3 is 0 Å². The van der Waals surface area contributed by atoms with Crippen molar-refractivity contribution in [2.75, 3.05) is 5.32 Å². The number of carbonyl (C=O) groups is 5. The molecule has 0 radical (unpaired) electrons. The van der Waals surface area contributed by atoms with E-state index in [4.69, 9.17) is 11.6 Å². The van der Waals surface area contributed by atoms with Crippen molar-refractivity contribution in [3.8, 4) is 0 Å². The number of fused-ring (bicyclic) bond motifs is 12. The molecule has 0 unspecified atom stereocenters. The highest BCUT2D eigenvalue weighted by Crippen LogP contribution is 2.41. The SMILES string of the molecule is O=C(Nc1cccc2c1C(=O)c1ccc3c([nH]c4c3cc(Cl)c3[nH]c5c6c(ccc5c(=O)c34)C(=O)c3ccccc3C6=O)c1C2=O)c1ccccc1. The van der Waals surface area contributed by atoms with Gasteiger partial charge < -0.3 is 15.3 Å². The van der Waals surface area contributed by atoms with Gasteiger partial charge in [0.25, 0.3) is 5.91 Å². The highest BCUT2D eigenvalue weighted by Gasteiger charge is 2.35. The molecule has 10 rings (SSSR count). The molecule has 2 aliphatic carbocycles. The Kier molecular flexibility index (Phi) is 6.05. The molecule has 2 heterocycles. The summed E-state index contributed by atoms with van der Waals surface area (Å²) in [7, 11) is 0. The molecule has 3 N–H and O–H groups in total. The molecule has 0 atom stereocenters. The summed E-state index contributed by atoms with van der Waals surface area (Å²) in [5.74, 6) is -1.99. The highest BCUT2D eigenvalue weighted by molar-refractivity contribution is 6.40. The maximum atomic E-state index is 14.4. The second-order valence-corrected chi connectivity index (χ2v) is 13.2. The Morgan fingerprint density at radius 1 is 0.500 bits per heavy atom. The first-order valence-corrected chi connectivity index (χ1v) is 16.7. The summed E-state index contributed by atoms with van der Waals surface area (Å²) in [5.41, 5.74) is 2.68. The van der Waals surface area contributed by atoms with E-state index in [0.29, 0.717) is 32.9 Å². The van der Waals surface area contributed by atoms with Crippen molar-refractivity contribution in [1.29, 1.82) is 0 Å². The predicted octanol–water partition coefficient (Wildman–Crippen LogP) is 7.77. The number of hydrogen-bond acceptors (Lipinski definition) is 6. The van der Waals surface area contributed by atoms with Crippen molar-refractivity contribution in [2.45, 2.75) is 0 Å². The molecule has 0 spiro atoms. The molecule has 0 bridgehead atoms. The quantitative estimate of drug-likeness (QED) is 0.157. The number of aromatic nitrogens is 2. The van der Waals surface area contributed by atoms with Crippen LogP contribution in [0.4, 0.5) is 5.69 Å². The average molecular weight is 698 g/mol. The van der Waals surface area contributed by atoms with Crippen molar-refractivity contribution in [2.24, 2.45) is 0 Å². The normalized spacial score (nSPS) is 13.4. The fourth-order valence-corrected chi connectivity index (χ4v) is 8.01. The number of H-pyrrole nitrogens is 2. The van der Waals surface area contributed by atoms with Gasteiger partial charge in [-0.3, -0.25) is 28.8 Å². The Hall–Kier alpha value is -6.97. The Morgan fingerprint density at radius 3 is 1.81 bits per heavy atom. The van der Waals surface area contributed by atoms with E-state index < -0.39 is 22.9 Å². The summed E-state index contributed by atoms with van der Waals surface area (Å²) in [6, 6.07) is 27.8. The van der Waals surface area contributed by atoms with E-state index in [1.165, 1.54) is 12.1 Å². The van der Waals surface area contributed by atoms with Crippen LogP contribution in [0.3, 0.4) is 0 Å². The number of benzene rings is 6. The molecule has 52 heavy (non-hydrogen) atoms. The molecule has 2 aromatic heterocycles. The summed E-state index contributed by atoms with van der Waals surface area (Å²) < 4.78 is 0. The van der Waals surface area contributed by atoms with Gasteiger partial charge in [-0.2, -0.15) is 0 Å². The molecule has 246 valence electrons. The number of ketones is 4. The maximum Gasteiger partial charge on any atom is 0.255 e. The van der Waals surface area contributed by atoms with Crippen molar-refractivity contribution < 1.29 is 24.0 Å². The molecule has 1 amide bonds. The monoisotopic (exact) mass is 697 g/mol. The van der Waals surface area contributed by atoms with Crippen LogP contribution in [0.1, 0.15) is 74.0 Å². The zero-order chi connectivity index (χ0) is 35.6. The minimum Gasteiger partial charge on any atom is -0.353 e. The van der Waals surface area contributed by atoms with Crippen LogP contribution in [0.15, 0.2) is 108 Å². The number of carbonyl (C=O) groups excluding carboxylic acids is 5. The van der Waals surface area contributed by atoms with Crippen molar-refractivity contribution >= 4 is 89.9 Å². The zero-order valence-electron chi connectivity index (χ0n) is 26.6. The van der Waals surface area contributed by atoms with Crippen LogP contribution in [0.5, 0.6) is 0 Å². The van der Waals surface area contributed by atoms with Crippen molar-refractivity contribution in [1.82, 2.24) is 9.97 Å². The number of hydrogen-bond donors (Lipinski definition) is 3. The Bertz CT molecular complexity index is 3120. The molecule has 0 fully saturated rings. The van der Waals surface area contributed by atoms with E-state index in [1.54, 1.807) is 91.0 Å². The van der Waals surface area contributed by atoms with Gasteiger partial charge in [-0.25, -0.2) is 0 Å². The van der Waals surface area contributed by atoms with Crippen LogP contribution in [-0.4, -0.2) is 39.0 Å². The second-order valence-electron chi connectivity index (χ2n) is 12.8.